The zero-order valence-electron chi connectivity index (χ0n) is 21.5. The van der Waals surface area contributed by atoms with Crippen LogP contribution in [-0.2, 0) is 32.1 Å². The van der Waals surface area contributed by atoms with Crippen molar-refractivity contribution in [3.05, 3.63) is 59.7 Å². The van der Waals surface area contributed by atoms with E-state index in [1.165, 1.54) is 6.92 Å². The molecule has 0 N–H and O–H groups in total. The molecule has 6 heteroatoms. The van der Waals surface area contributed by atoms with Gasteiger partial charge in [0, 0.05) is 18.9 Å². The number of hydrogen-bond acceptors (Lipinski definition) is 6. The number of benzene rings is 2. The van der Waals surface area contributed by atoms with Crippen LogP contribution in [0, 0.1) is 5.41 Å². The Morgan fingerprint density at radius 2 is 1.65 bits per heavy atom. The molecule has 2 aromatic rings. The summed E-state index contributed by atoms with van der Waals surface area (Å²) in [6, 6.07) is 15.3. The molecule has 0 unspecified atom stereocenters. The Kier molecular flexibility index (Phi) is 9.54. The van der Waals surface area contributed by atoms with Crippen molar-refractivity contribution in [3.63, 3.8) is 0 Å². The molecule has 0 saturated carbocycles. The maximum Gasteiger partial charge on any atom is 0.347 e. The topological polar surface area (TPSA) is 71.1 Å². The van der Waals surface area contributed by atoms with Gasteiger partial charge < -0.3 is 18.9 Å². The van der Waals surface area contributed by atoms with Crippen LogP contribution in [0.3, 0.4) is 0 Å². The monoisotopic (exact) mass is 470 g/mol. The second-order valence-corrected chi connectivity index (χ2v) is 10.2. The minimum atomic E-state index is -1.07. The molecule has 0 amide bonds. The van der Waals surface area contributed by atoms with E-state index in [1.54, 1.807) is 6.92 Å². The first-order chi connectivity index (χ1) is 15.9. The summed E-state index contributed by atoms with van der Waals surface area (Å²) in [5.74, 6) is 0.0997. The van der Waals surface area contributed by atoms with Crippen LogP contribution in [0.2, 0.25) is 0 Å². The molecule has 0 spiro atoms. The second-order valence-electron chi connectivity index (χ2n) is 10.2. The minimum Gasteiger partial charge on any atom is -0.489 e. The van der Waals surface area contributed by atoms with Crippen molar-refractivity contribution in [1.29, 1.82) is 0 Å². The summed E-state index contributed by atoms with van der Waals surface area (Å²) in [7, 11) is 0. The average molecular weight is 471 g/mol. The van der Waals surface area contributed by atoms with Gasteiger partial charge in [-0.2, -0.15) is 0 Å². The molecular formula is C28H38O6. The molecule has 0 aromatic heterocycles. The molecule has 0 fully saturated rings. The number of hydrogen-bond donors (Lipinski definition) is 0. The first kappa shape index (κ1) is 27.2. The van der Waals surface area contributed by atoms with E-state index in [4.69, 9.17) is 18.9 Å². The number of rotatable bonds is 11. The van der Waals surface area contributed by atoms with Gasteiger partial charge in [0.15, 0.2) is 0 Å². The average Bonchev–Trinajstić information content (AvgIpc) is 2.71. The highest BCUT2D eigenvalue weighted by Crippen LogP contribution is 2.33. The van der Waals surface area contributed by atoms with Gasteiger partial charge >= 0.3 is 11.9 Å². The van der Waals surface area contributed by atoms with E-state index in [2.05, 4.69) is 34.6 Å². The fraction of sp³-hybridized carbons (Fsp3) is 0.500. The zero-order chi connectivity index (χ0) is 25.4. The Morgan fingerprint density at radius 1 is 0.971 bits per heavy atom. The van der Waals surface area contributed by atoms with Gasteiger partial charge in [0.25, 0.3) is 0 Å². The molecule has 6 nitrogen and oxygen atoms in total. The van der Waals surface area contributed by atoms with Crippen LogP contribution in [0.4, 0.5) is 0 Å². The maximum atomic E-state index is 12.5. The summed E-state index contributed by atoms with van der Waals surface area (Å²) in [5.41, 5.74) is 1.40. The van der Waals surface area contributed by atoms with Crippen LogP contribution in [0.15, 0.2) is 48.5 Å². The summed E-state index contributed by atoms with van der Waals surface area (Å²) in [5, 5.41) is 0. The summed E-state index contributed by atoms with van der Waals surface area (Å²) >= 11 is 0. The van der Waals surface area contributed by atoms with Crippen LogP contribution < -0.4 is 9.47 Å². The lowest BCUT2D eigenvalue weighted by Crippen LogP contribution is -2.33. The SMILES string of the molecule is CCOC(=O)[C@@H](Cc1cc(OC(C)(C)CC(C)(C)C)ccc1OCc1ccccc1)OC(C)=O. The van der Waals surface area contributed by atoms with E-state index in [0.29, 0.717) is 23.7 Å². The predicted octanol–water partition coefficient (Wildman–Crippen LogP) is 5.90. The molecule has 0 radical (unpaired) electrons. The number of ether oxygens (including phenoxy) is 4. The van der Waals surface area contributed by atoms with E-state index in [1.807, 2.05) is 48.5 Å². The molecule has 34 heavy (non-hydrogen) atoms. The van der Waals surface area contributed by atoms with E-state index in [9.17, 15) is 9.59 Å². The largest absolute Gasteiger partial charge is 0.489 e. The maximum absolute atomic E-state index is 12.5. The van der Waals surface area contributed by atoms with Crippen LogP contribution in [0.25, 0.3) is 0 Å². The summed E-state index contributed by atoms with van der Waals surface area (Å²) in [4.78, 5) is 24.1. The molecule has 0 aliphatic heterocycles. The molecule has 2 aromatic carbocycles. The smallest absolute Gasteiger partial charge is 0.347 e. The van der Waals surface area contributed by atoms with E-state index in [0.717, 1.165) is 12.0 Å². The molecule has 0 heterocycles. The second kappa shape index (κ2) is 11.9. The van der Waals surface area contributed by atoms with Crippen molar-refractivity contribution < 1.29 is 28.5 Å². The van der Waals surface area contributed by atoms with Gasteiger partial charge in [0.05, 0.1) is 6.61 Å². The fourth-order valence-corrected chi connectivity index (χ4v) is 4.10. The lowest BCUT2D eigenvalue weighted by molar-refractivity contribution is -0.166. The highest BCUT2D eigenvalue weighted by Gasteiger charge is 2.29. The zero-order valence-corrected chi connectivity index (χ0v) is 21.5. The van der Waals surface area contributed by atoms with E-state index < -0.39 is 23.6 Å². The number of carbonyl (C=O) groups is 2. The predicted molar refractivity (Wildman–Crippen MR) is 132 cm³/mol. The van der Waals surface area contributed by atoms with Gasteiger partial charge in [0.1, 0.15) is 23.7 Å². The fourth-order valence-electron chi connectivity index (χ4n) is 4.10. The number of esters is 2. The van der Waals surface area contributed by atoms with Crippen LogP contribution in [-0.4, -0.2) is 30.3 Å². The quantitative estimate of drug-likeness (QED) is 0.381. The van der Waals surface area contributed by atoms with Crippen LogP contribution in [0.5, 0.6) is 11.5 Å². The minimum absolute atomic E-state index is 0.0927. The van der Waals surface area contributed by atoms with Crippen molar-refractivity contribution in [2.45, 2.75) is 79.6 Å². The molecule has 0 aliphatic carbocycles. The van der Waals surface area contributed by atoms with E-state index in [-0.39, 0.29) is 18.4 Å². The Bertz CT molecular complexity index is 943. The van der Waals surface area contributed by atoms with Gasteiger partial charge in [-0.05, 0) is 56.4 Å². The van der Waals surface area contributed by atoms with Crippen LogP contribution in [0.1, 0.15) is 66.0 Å². The molecule has 1 atom stereocenters. The third-order valence-electron chi connectivity index (χ3n) is 4.88. The Morgan fingerprint density at radius 3 is 2.24 bits per heavy atom. The van der Waals surface area contributed by atoms with Crippen molar-refractivity contribution in [3.8, 4) is 11.5 Å². The third kappa shape index (κ3) is 9.46. The van der Waals surface area contributed by atoms with E-state index >= 15 is 0 Å². The van der Waals surface area contributed by atoms with Gasteiger partial charge in [-0.15, -0.1) is 0 Å². The van der Waals surface area contributed by atoms with Crippen molar-refractivity contribution in [1.82, 2.24) is 0 Å². The molecule has 186 valence electrons. The summed E-state index contributed by atoms with van der Waals surface area (Å²) in [6.45, 7) is 14.2. The first-order valence-electron chi connectivity index (χ1n) is 11.7. The Balaban J connectivity index is 2.34. The summed E-state index contributed by atoms with van der Waals surface area (Å²) < 4.78 is 22.8. The van der Waals surface area contributed by atoms with Crippen molar-refractivity contribution in [2.24, 2.45) is 5.41 Å². The normalized spacial score (nSPS) is 12.6. The highest BCUT2D eigenvalue weighted by molar-refractivity contribution is 5.79. The highest BCUT2D eigenvalue weighted by atomic mass is 16.6. The lowest BCUT2D eigenvalue weighted by Gasteiger charge is -2.33. The number of carbonyl (C=O) groups excluding carboxylic acids is 2. The van der Waals surface area contributed by atoms with Gasteiger partial charge in [0.2, 0.25) is 6.10 Å². The molecule has 0 saturated heterocycles. The summed E-state index contributed by atoms with van der Waals surface area (Å²) in [6.07, 6.45) is -0.116. The molecular weight excluding hydrogens is 432 g/mol. The molecule has 0 bridgehead atoms. The standard InChI is InChI=1S/C28H38O6/c1-8-31-26(30)25(33-20(2)29)17-22-16-23(34-28(6,7)19-27(3,4)5)14-15-24(22)32-18-21-12-10-9-11-13-21/h9-16,25H,8,17-19H2,1-7H3/t25-/m1/s1. The van der Waals surface area contributed by atoms with Crippen LogP contribution >= 0.6 is 0 Å². The molecule has 0 aliphatic rings. The van der Waals surface area contributed by atoms with Crippen molar-refractivity contribution in [2.75, 3.05) is 6.61 Å². The van der Waals surface area contributed by atoms with Crippen molar-refractivity contribution >= 4 is 11.9 Å². The first-order valence-corrected chi connectivity index (χ1v) is 11.7. The Labute approximate surface area is 203 Å². The lowest BCUT2D eigenvalue weighted by atomic mass is 9.83. The Hall–Kier alpha value is -3.02. The molecule has 2 rings (SSSR count). The van der Waals surface area contributed by atoms with Gasteiger partial charge in [-0.3, -0.25) is 4.79 Å². The van der Waals surface area contributed by atoms with Gasteiger partial charge in [-0.1, -0.05) is 51.1 Å². The van der Waals surface area contributed by atoms with Gasteiger partial charge in [-0.25, -0.2) is 4.79 Å². The third-order valence-corrected chi connectivity index (χ3v) is 4.88.